The number of nitrogens with one attached hydrogen (secondary N) is 1. The molecule has 0 saturated heterocycles. The van der Waals surface area contributed by atoms with Crippen LogP contribution >= 0.6 is 0 Å². The van der Waals surface area contributed by atoms with Gasteiger partial charge in [0, 0.05) is 37.6 Å². The summed E-state index contributed by atoms with van der Waals surface area (Å²) in [6.07, 6.45) is 3.43. The molecule has 1 amide bonds. The van der Waals surface area contributed by atoms with Gasteiger partial charge in [-0.15, -0.1) is 0 Å². The highest BCUT2D eigenvalue weighted by molar-refractivity contribution is 5.91. The Hall–Kier alpha value is -4.10. The molecule has 0 saturated carbocycles. The Labute approximate surface area is 205 Å². The number of furan rings is 1. The number of aromatic nitrogens is 1. The number of pyridine rings is 1. The molecule has 2 heterocycles. The summed E-state index contributed by atoms with van der Waals surface area (Å²) in [6, 6.07) is 23.3. The fraction of sp³-hybridized carbons (Fsp3) is 0.214. The molecule has 2 aromatic heterocycles. The minimum Gasteiger partial charge on any atom is -0.497 e. The molecule has 4 rings (SSSR count). The number of methoxy groups -OCH3 is 2. The van der Waals surface area contributed by atoms with Crippen LogP contribution in [0.15, 0.2) is 89.6 Å². The minimum atomic E-state index is -0.260. The van der Waals surface area contributed by atoms with E-state index in [9.17, 15) is 4.79 Å². The highest BCUT2D eigenvalue weighted by Crippen LogP contribution is 2.27. The van der Waals surface area contributed by atoms with Crippen molar-refractivity contribution in [3.63, 3.8) is 0 Å². The van der Waals surface area contributed by atoms with Crippen molar-refractivity contribution in [2.24, 2.45) is 0 Å². The minimum absolute atomic E-state index is 0.260. The van der Waals surface area contributed by atoms with E-state index in [-0.39, 0.29) is 11.7 Å². The van der Waals surface area contributed by atoms with Crippen LogP contribution in [0.25, 0.3) is 0 Å². The second kappa shape index (κ2) is 11.9. The number of hydrogen-bond acceptors (Lipinski definition) is 6. The van der Waals surface area contributed by atoms with Crippen molar-refractivity contribution in [2.45, 2.75) is 26.2 Å². The maximum absolute atomic E-state index is 12.6. The summed E-state index contributed by atoms with van der Waals surface area (Å²) in [6.45, 7) is 2.21. The Bertz CT molecular complexity index is 1230. The van der Waals surface area contributed by atoms with Crippen LogP contribution in [0, 0.1) is 0 Å². The lowest BCUT2D eigenvalue weighted by atomic mass is 10.1. The quantitative estimate of drug-likeness (QED) is 0.338. The second-order valence-electron chi connectivity index (χ2n) is 8.12. The first kappa shape index (κ1) is 24.0. The molecular weight excluding hydrogens is 442 g/mol. The average Bonchev–Trinajstić information content (AvgIpc) is 3.37. The van der Waals surface area contributed by atoms with Gasteiger partial charge in [0.25, 0.3) is 5.91 Å². The van der Waals surface area contributed by atoms with Crippen LogP contribution in [0.3, 0.4) is 0 Å². The normalized spacial score (nSPS) is 10.8. The van der Waals surface area contributed by atoms with E-state index in [4.69, 9.17) is 13.9 Å². The van der Waals surface area contributed by atoms with Gasteiger partial charge in [0.05, 0.1) is 20.8 Å². The van der Waals surface area contributed by atoms with Crippen LogP contribution in [0.4, 0.5) is 0 Å². The summed E-state index contributed by atoms with van der Waals surface area (Å²) in [5, 5.41) is 2.87. The lowest BCUT2D eigenvalue weighted by Crippen LogP contribution is -2.23. The van der Waals surface area contributed by atoms with Gasteiger partial charge in [-0.1, -0.05) is 36.4 Å². The monoisotopic (exact) mass is 471 g/mol. The van der Waals surface area contributed by atoms with Crippen LogP contribution in [0.5, 0.6) is 11.5 Å². The number of ether oxygens (including phenoxy) is 2. The summed E-state index contributed by atoms with van der Waals surface area (Å²) >= 11 is 0. The number of amides is 1. The number of carbonyl (C=O) groups excluding carboxylic acids is 1. The second-order valence-corrected chi connectivity index (χ2v) is 8.12. The van der Waals surface area contributed by atoms with Gasteiger partial charge in [-0.25, -0.2) is 0 Å². The number of carbonyl (C=O) groups is 1. The molecule has 0 aliphatic carbocycles. The first-order valence-corrected chi connectivity index (χ1v) is 11.4. The molecule has 180 valence electrons. The molecule has 0 radical (unpaired) electrons. The molecule has 7 nitrogen and oxygen atoms in total. The van der Waals surface area contributed by atoms with E-state index in [2.05, 4.69) is 27.3 Å². The summed E-state index contributed by atoms with van der Waals surface area (Å²) in [5.41, 5.74) is 3.10. The smallest absolute Gasteiger partial charge is 0.287 e. The van der Waals surface area contributed by atoms with Crippen molar-refractivity contribution in [3.05, 3.63) is 113 Å². The SMILES string of the molecule is COc1ccc(OC)c(CN(Cc2ccccc2)Cc2ccc(C(=O)NCc3cccnc3)o2)c1. The molecule has 0 atom stereocenters. The van der Waals surface area contributed by atoms with E-state index in [1.54, 1.807) is 32.7 Å². The Morgan fingerprint density at radius 3 is 2.49 bits per heavy atom. The van der Waals surface area contributed by atoms with E-state index >= 15 is 0 Å². The third-order valence-corrected chi connectivity index (χ3v) is 5.57. The average molecular weight is 472 g/mol. The highest BCUT2D eigenvalue weighted by Gasteiger charge is 2.16. The molecule has 4 aromatic rings. The van der Waals surface area contributed by atoms with Crippen LogP contribution in [0.1, 0.15) is 33.0 Å². The Kier molecular flexibility index (Phi) is 8.14. The third kappa shape index (κ3) is 6.71. The first-order valence-electron chi connectivity index (χ1n) is 11.4. The topological polar surface area (TPSA) is 76.8 Å². The highest BCUT2D eigenvalue weighted by atomic mass is 16.5. The molecular formula is C28H29N3O4. The van der Waals surface area contributed by atoms with Gasteiger partial charge in [-0.2, -0.15) is 0 Å². The van der Waals surface area contributed by atoms with Crippen molar-refractivity contribution in [2.75, 3.05) is 14.2 Å². The van der Waals surface area contributed by atoms with Crippen LogP contribution in [0.2, 0.25) is 0 Å². The van der Waals surface area contributed by atoms with Crippen molar-refractivity contribution >= 4 is 5.91 Å². The molecule has 0 fully saturated rings. The van der Waals surface area contributed by atoms with Gasteiger partial charge < -0.3 is 19.2 Å². The van der Waals surface area contributed by atoms with Crippen LogP contribution in [-0.4, -0.2) is 30.0 Å². The number of nitrogens with zero attached hydrogens (tertiary/aromatic N) is 2. The molecule has 7 heteroatoms. The Morgan fingerprint density at radius 1 is 0.914 bits per heavy atom. The molecule has 2 aromatic carbocycles. The summed E-state index contributed by atoms with van der Waals surface area (Å²) in [4.78, 5) is 18.9. The number of hydrogen-bond donors (Lipinski definition) is 1. The van der Waals surface area contributed by atoms with Gasteiger partial charge in [0.2, 0.25) is 0 Å². The zero-order valence-electron chi connectivity index (χ0n) is 19.9. The van der Waals surface area contributed by atoms with E-state index in [0.29, 0.717) is 31.9 Å². The molecule has 0 aliphatic heterocycles. The summed E-state index contributed by atoms with van der Waals surface area (Å²) in [7, 11) is 3.31. The predicted molar refractivity (Wildman–Crippen MR) is 133 cm³/mol. The molecule has 0 bridgehead atoms. The van der Waals surface area contributed by atoms with Crippen LogP contribution < -0.4 is 14.8 Å². The molecule has 0 unspecified atom stereocenters. The van der Waals surface area contributed by atoms with E-state index in [1.807, 2.05) is 54.6 Å². The van der Waals surface area contributed by atoms with E-state index in [1.165, 1.54) is 5.56 Å². The lowest BCUT2D eigenvalue weighted by Gasteiger charge is -2.23. The lowest BCUT2D eigenvalue weighted by molar-refractivity contribution is 0.0918. The van der Waals surface area contributed by atoms with Crippen molar-refractivity contribution in [1.29, 1.82) is 0 Å². The summed E-state index contributed by atoms with van der Waals surface area (Å²) in [5.74, 6) is 2.28. The van der Waals surface area contributed by atoms with Crippen molar-refractivity contribution in [1.82, 2.24) is 15.2 Å². The fourth-order valence-electron chi connectivity index (χ4n) is 3.83. The maximum atomic E-state index is 12.6. The Balaban J connectivity index is 1.48. The summed E-state index contributed by atoms with van der Waals surface area (Å²) < 4.78 is 16.9. The van der Waals surface area contributed by atoms with Gasteiger partial charge in [-0.3, -0.25) is 14.7 Å². The molecule has 35 heavy (non-hydrogen) atoms. The zero-order chi connectivity index (χ0) is 24.5. The number of rotatable bonds is 11. The standard InChI is InChI=1S/C28H29N3O4/c1-33-24-10-12-26(34-2)23(15-24)19-31(18-21-7-4-3-5-8-21)20-25-11-13-27(35-25)28(32)30-17-22-9-6-14-29-16-22/h3-16H,17-20H2,1-2H3,(H,30,32). The van der Waals surface area contributed by atoms with Gasteiger partial charge in [0.15, 0.2) is 5.76 Å². The Morgan fingerprint density at radius 2 is 1.74 bits per heavy atom. The number of benzene rings is 2. The van der Waals surface area contributed by atoms with Crippen molar-refractivity contribution < 1.29 is 18.7 Å². The third-order valence-electron chi connectivity index (χ3n) is 5.57. The zero-order valence-corrected chi connectivity index (χ0v) is 19.9. The molecule has 1 N–H and O–H groups in total. The van der Waals surface area contributed by atoms with E-state index in [0.717, 1.165) is 22.6 Å². The van der Waals surface area contributed by atoms with Gasteiger partial charge in [0.1, 0.15) is 17.3 Å². The predicted octanol–water partition coefficient (Wildman–Crippen LogP) is 4.82. The van der Waals surface area contributed by atoms with Crippen molar-refractivity contribution in [3.8, 4) is 11.5 Å². The maximum Gasteiger partial charge on any atom is 0.287 e. The van der Waals surface area contributed by atoms with Gasteiger partial charge >= 0.3 is 0 Å². The van der Waals surface area contributed by atoms with Gasteiger partial charge in [-0.05, 0) is 47.5 Å². The first-order chi connectivity index (χ1) is 17.1. The molecule has 0 aliphatic rings. The fourth-order valence-corrected chi connectivity index (χ4v) is 3.83. The largest absolute Gasteiger partial charge is 0.497 e. The van der Waals surface area contributed by atoms with Crippen LogP contribution in [-0.2, 0) is 26.2 Å². The molecule has 0 spiro atoms. The van der Waals surface area contributed by atoms with E-state index < -0.39 is 0 Å².